The highest BCUT2D eigenvalue weighted by Gasteiger charge is 2.21. The van der Waals surface area contributed by atoms with Gasteiger partial charge in [-0.25, -0.2) is 0 Å². The molecule has 0 aliphatic carbocycles. The molecule has 0 aromatic heterocycles. The van der Waals surface area contributed by atoms with Crippen molar-refractivity contribution in [3.8, 4) is 0 Å². The average molecular weight is 228 g/mol. The molecular formula is C12H24N2S. The van der Waals surface area contributed by atoms with Crippen LogP contribution in [0.1, 0.15) is 41.0 Å². The number of aliphatic imine (C=N–C) groups is 1. The van der Waals surface area contributed by atoms with Gasteiger partial charge in [0.15, 0.2) is 5.17 Å². The van der Waals surface area contributed by atoms with Crippen LogP contribution in [-0.4, -0.2) is 23.0 Å². The number of hydrogen-bond donors (Lipinski definition) is 1. The minimum Gasteiger partial charge on any atom is -0.362 e. The molecule has 1 heterocycles. The van der Waals surface area contributed by atoms with E-state index < -0.39 is 0 Å². The largest absolute Gasteiger partial charge is 0.362 e. The molecule has 0 aromatic carbocycles. The van der Waals surface area contributed by atoms with Crippen molar-refractivity contribution in [2.24, 2.45) is 16.8 Å². The summed E-state index contributed by atoms with van der Waals surface area (Å²) in [6.45, 7) is 11.3. The predicted octanol–water partition coefficient (Wildman–Crippen LogP) is 3.14. The van der Waals surface area contributed by atoms with Crippen LogP contribution < -0.4 is 5.32 Å². The molecule has 0 radical (unpaired) electrons. The lowest BCUT2D eigenvalue weighted by molar-refractivity contribution is 0.440. The summed E-state index contributed by atoms with van der Waals surface area (Å²) in [5, 5.41) is 4.72. The van der Waals surface area contributed by atoms with Crippen LogP contribution in [0.5, 0.6) is 0 Å². The van der Waals surface area contributed by atoms with E-state index in [4.69, 9.17) is 4.99 Å². The summed E-state index contributed by atoms with van der Waals surface area (Å²) in [5.41, 5.74) is 0. The molecule has 3 unspecified atom stereocenters. The van der Waals surface area contributed by atoms with E-state index in [-0.39, 0.29) is 0 Å². The van der Waals surface area contributed by atoms with Gasteiger partial charge in [-0.05, 0) is 25.2 Å². The fourth-order valence-corrected chi connectivity index (χ4v) is 2.85. The molecule has 0 saturated carbocycles. The van der Waals surface area contributed by atoms with Gasteiger partial charge < -0.3 is 5.32 Å². The first kappa shape index (κ1) is 12.9. The fourth-order valence-electron chi connectivity index (χ4n) is 1.68. The Hall–Kier alpha value is -0.180. The zero-order chi connectivity index (χ0) is 11.4. The lowest BCUT2D eigenvalue weighted by Crippen LogP contribution is -2.39. The van der Waals surface area contributed by atoms with Gasteiger partial charge in [-0.1, -0.05) is 39.5 Å². The zero-order valence-electron chi connectivity index (χ0n) is 10.6. The molecule has 0 saturated heterocycles. The number of thioether (sulfide) groups is 1. The van der Waals surface area contributed by atoms with E-state index in [1.54, 1.807) is 0 Å². The second-order valence-corrected chi connectivity index (χ2v) is 5.87. The Morgan fingerprint density at radius 1 is 1.47 bits per heavy atom. The molecule has 1 aliphatic rings. The van der Waals surface area contributed by atoms with Gasteiger partial charge in [0.25, 0.3) is 0 Å². The molecule has 0 fully saturated rings. The molecular weight excluding hydrogens is 204 g/mol. The zero-order valence-corrected chi connectivity index (χ0v) is 11.4. The van der Waals surface area contributed by atoms with Crippen LogP contribution in [0.3, 0.4) is 0 Å². The number of amidine groups is 1. The standard InChI is InChI=1S/C12H24N2S/c1-6-11(8(2)3)14-12-13-10(5)9(4)7-15-12/h8-11H,6-7H2,1-5H3,(H,13,14). The Bertz CT molecular complexity index is 226. The average Bonchev–Trinajstić information content (AvgIpc) is 2.19. The quantitative estimate of drug-likeness (QED) is 0.802. The second-order valence-electron chi connectivity index (χ2n) is 4.87. The van der Waals surface area contributed by atoms with Crippen molar-refractivity contribution in [2.75, 3.05) is 5.75 Å². The molecule has 3 heteroatoms. The minimum atomic E-state index is 0.471. The van der Waals surface area contributed by atoms with Gasteiger partial charge in [-0.3, -0.25) is 4.99 Å². The Morgan fingerprint density at radius 2 is 2.13 bits per heavy atom. The summed E-state index contributed by atoms with van der Waals surface area (Å²) in [6.07, 6.45) is 1.17. The predicted molar refractivity (Wildman–Crippen MR) is 70.6 cm³/mol. The molecule has 2 nitrogen and oxygen atoms in total. The summed E-state index contributed by atoms with van der Waals surface area (Å²) >= 11 is 1.88. The monoisotopic (exact) mass is 228 g/mol. The Morgan fingerprint density at radius 3 is 2.60 bits per heavy atom. The molecule has 15 heavy (non-hydrogen) atoms. The van der Waals surface area contributed by atoms with Crippen molar-refractivity contribution in [3.63, 3.8) is 0 Å². The highest BCUT2D eigenvalue weighted by atomic mass is 32.2. The third kappa shape index (κ3) is 3.71. The Kier molecular flexibility index (Phi) is 4.97. The normalized spacial score (nSPS) is 28.8. The van der Waals surface area contributed by atoms with Crippen LogP contribution in [0.15, 0.2) is 4.99 Å². The maximum absolute atomic E-state index is 4.70. The first-order valence-electron chi connectivity index (χ1n) is 6.01. The molecule has 1 rings (SSSR count). The molecule has 1 N–H and O–H groups in total. The van der Waals surface area contributed by atoms with Crippen LogP contribution in [0, 0.1) is 11.8 Å². The van der Waals surface area contributed by atoms with E-state index in [1.807, 2.05) is 11.8 Å². The van der Waals surface area contributed by atoms with Gasteiger partial charge >= 0.3 is 0 Å². The molecule has 0 bridgehead atoms. The summed E-state index contributed by atoms with van der Waals surface area (Å²) in [4.78, 5) is 4.70. The van der Waals surface area contributed by atoms with Crippen molar-refractivity contribution in [1.82, 2.24) is 5.32 Å². The van der Waals surface area contributed by atoms with Gasteiger partial charge in [0.05, 0.1) is 6.04 Å². The van der Waals surface area contributed by atoms with E-state index in [1.165, 1.54) is 12.2 Å². The van der Waals surface area contributed by atoms with Crippen molar-refractivity contribution in [1.29, 1.82) is 0 Å². The van der Waals surface area contributed by atoms with Crippen LogP contribution >= 0.6 is 11.8 Å². The number of nitrogens with one attached hydrogen (secondary N) is 1. The van der Waals surface area contributed by atoms with Gasteiger partial charge in [0.1, 0.15) is 0 Å². The van der Waals surface area contributed by atoms with E-state index in [0.717, 1.165) is 5.17 Å². The summed E-state index contributed by atoms with van der Waals surface area (Å²) < 4.78 is 0. The van der Waals surface area contributed by atoms with E-state index in [0.29, 0.717) is 23.9 Å². The molecule has 1 aliphatic heterocycles. The van der Waals surface area contributed by atoms with Crippen molar-refractivity contribution < 1.29 is 0 Å². The maximum Gasteiger partial charge on any atom is 0.157 e. The number of hydrogen-bond acceptors (Lipinski definition) is 3. The van der Waals surface area contributed by atoms with Crippen LogP contribution in [0.2, 0.25) is 0 Å². The summed E-state index contributed by atoms with van der Waals surface area (Å²) in [6, 6.07) is 1.04. The molecule has 88 valence electrons. The van der Waals surface area contributed by atoms with Gasteiger partial charge in [-0.2, -0.15) is 0 Å². The smallest absolute Gasteiger partial charge is 0.157 e. The highest BCUT2D eigenvalue weighted by Crippen LogP contribution is 2.22. The maximum atomic E-state index is 4.70. The first-order chi connectivity index (χ1) is 7.04. The second kappa shape index (κ2) is 5.78. The van der Waals surface area contributed by atoms with Crippen LogP contribution in [0.25, 0.3) is 0 Å². The van der Waals surface area contributed by atoms with E-state index in [2.05, 4.69) is 39.9 Å². The van der Waals surface area contributed by atoms with Crippen molar-refractivity contribution in [3.05, 3.63) is 0 Å². The molecule has 0 amide bonds. The number of rotatable bonds is 3. The van der Waals surface area contributed by atoms with Crippen LogP contribution in [0.4, 0.5) is 0 Å². The van der Waals surface area contributed by atoms with Crippen molar-refractivity contribution >= 4 is 16.9 Å². The van der Waals surface area contributed by atoms with Crippen LogP contribution in [-0.2, 0) is 0 Å². The molecule has 3 atom stereocenters. The van der Waals surface area contributed by atoms with Gasteiger partial charge in [0, 0.05) is 11.8 Å². The van der Waals surface area contributed by atoms with Gasteiger partial charge in [0.2, 0.25) is 0 Å². The summed E-state index contributed by atoms with van der Waals surface area (Å²) in [5.74, 6) is 2.58. The summed E-state index contributed by atoms with van der Waals surface area (Å²) in [7, 11) is 0. The van der Waals surface area contributed by atoms with E-state index in [9.17, 15) is 0 Å². The Balaban J connectivity index is 2.54. The minimum absolute atomic E-state index is 0.471. The SMILES string of the molecule is CCC(NC1=NC(C)C(C)CS1)C(C)C. The molecule has 0 aromatic rings. The Labute approximate surface area is 98.3 Å². The first-order valence-corrected chi connectivity index (χ1v) is 7.00. The third-order valence-electron chi connectivity index (χ3n) is 3.18. The van der Waals surface area contributed by atoms with E-state index >= 15 is 0 Å². The number of nitrogens with zero attached hydrogens (tertiary/aromatic N) is 1. The van der Waals surface area contributed by atoms with Gasteiger partial charge in [-0.15, -0.1) is 0 Å². The third-order valence-corrected chi connectivity index (χ3v) is 4.37. The topological polar surface area (TPSA) is 24.4 Å². The molecule has 0 spiro atoms. The fraction of sp³-hybridized carbons (Fsp3) is 0.917. The lowest BCUT2D eigenvalue weighted by atomic mass is 10.0. The lowest BCUT2D eigenvalue weighted by Gasteiger charge is -2.28. The van der Waals surface area contributed by atoms with Crippen molar-refractivity contribution in [2.45, 2.75) is 53.1 Å². The highest BCUT2D eigenvalue weighted by molar-refractivity contribution is 8.13.